The molecule has 1 aromatic heterocycles. The van der Waals surface area contributed by atoms with Crippen LogP contribution in [0.3, 0.4) is 0 Å². The van der Waals surface area contributed by atoms with Crippen LogP contribution in [-0.4, -0.2) is 55.6 Å². The van der Waals surface area contributed by atoms with Crippen molar-refractivity contribution in [2.45, 2.75) is 27.2 Å². The fourth-order valence-corrected chi connectivity index (χ4v) is 2.86. The van der Waals surface area contributed by atoms with Gasteiger partial charge in [-0.25, -0.2) is 4.98 Å². The van der Waals surface area contributed by atoms with Crippen LogP contribution in [0.25, 0.3) is 0 Å². The quantitative estimate of drug-likeness (QED) is 0.725. The summed E-state index contributed by atoms with van der Waals surface area (Å²) in [6, 6.07) is 0. The summed E-state index contributed by atoms with van der Waals surface area (Å²) in [5.41, 5.74) is 5.84. The summed E-state index contributed by atoms with van der Waals surface area (Å²) in [5, 5.41) is 3.70. The van der Waals surface area contributed by atoms with Gasteiger partial charge in [0.2, 0.25) is 0 Å². The Morgan fingerprint density at radius 3 is 2.57 bits per heavy atom. The molecule has 0 atom stereocenters. The number of thiazole rings is 1. The number of amides is 1. The fraction of sp³-hybridized carbons (Fsp3) is 0.714. The van der Waals surface area contributed by atoms with Gasteiger partial charge >= 0.3 is 0 Å². The van der Waals surface area contributed by atoms with E-state index in [0.717, 1.165) is 37.7 Å². The molecule has 1 aromatic rings. The molecule has 0 saturated carbocycles. The summed E-state index contributed by atoms with van der Waals surface area (Å²) in [6.07, 6.45) is 1.12. The lowest BCUT2D eigenvalue weighted by atomic mass is 10.4. The Kier molecular flexibility index (Phi) is 7.45. The van der Waals surface area contributed by atoms with Crippen molar-refractivity contribution in [1.82, 2.24) is 15.2 Å². The van der Waals surface area contributed by atoms with Crippen LogP contribution in [0.15, 0.2) is 0 Å². The minimum absolute atomic E-state index is 0.131. The van der Waals surface area contributed by atoms with Crippen LogP contribution in [0.1, 0.15) is 36.9 Å². The highest BCUT2D eigenvalue weighted by Crippen LogP contribution is 2.27. The Balaban J connectivity index is 2.54. The SMILES string of the molecule is CCCN(CC)CCNC(=O)c1sc(N(C)CC)nc1N. The molecule has 0 fully saturated rings. The number of rotatable bonds is 9. The third-order valence-electron chi connectivity index (χ3n) is 3.35. The third-order valence-corrected chi connectivity index (χ3v) is 4.53. The standard InChI is InChI=1S/C14H27N5OS/c1-5-9-19(7-3)10-8-16-13(20)11-12(15)17-14(21-11)18(4)6-2/h5-10,15H2,1-4H3,(H,16,20). The van der Waals surface area contributed by atoms with Crippen molar-refractivity contribution in [3.8, 4) is 0 Å². The highest BCUT2D eigenvalue weighted by Gasteiger charge is 2.17. The van der Waals surface area contributed by atoms with E-state index >= 15 is 0 Å². The number of hydrogen-bond acceptors (Lipinski definition) is 6. The summed E-state index contributed by atoms with van der Waals surface area (Å²) >= 11 is 1.34. The topological polar surface area (TPSA) is 74.5 Å². The van der Waals surface area contributed by atoms with Crippen molar-refractivity contribution >= 4 is 28.2 Å². The van der Waals surface area contributed by atoms with Crippen molar-refractivity contribution < 1.29 is 4.79 Å². The van der Waals surface area contributed by atoms with E-state index in [9.17, 15) is 4.79 Å². The van der Waals surface area contributed by atoms with Crippen LogP contribution < -0.4 is 16.0 Å². The minimum atomic E-state index is -0.131. The molecule has 0 aliphatic rings. The van der Waals surface area contributed by atoms with Gasteiger partial charge in [0.25, 0.3) is 5.91 Å². The second-order valence-corrected chi connectivity index (χ2v) is 5.89. The first kappa shape index (κ1) is 17.7. The Morgan fingerprint density at radius 2 is 2.00 bits per heavy atom. The number of carbonyl (C=O) groups excluding carboxylic acids is 1. The molecular formula is C14H27N5OS. The average molecular weight is 313 g/mol. The normalized spacial score (nSPS) is 10.9. The average Bonchev–Trinajstić information content (AvgIpc) is 2.87. The Labute approximate surface area is 131 Å². The molecule has 1 amide bonds. The van der Waals surface area contributed by atoms with Crippen molar-refractivity contribution in [2.24, 2.45) is 0 Å². The molecule has 1 heterocycles. The maximum absolute atomic E-state index is 12.2. The molecule has 120 valence electrons. The monoisotopic (exact) mass is 313 g/mol. The molecule has 0 bridgehead atoms. The molecular weight excluding hydrogens is 286 g/mol. The molecule has 1 rings (SSSR count). The molecule has 7 heteroatoms. The van der Waals surface area contributed by atoms with E-state index in [1.807, 2.05) is 18.9 Å². The van der Waals surface area contributed by atoms with Gasteiger partial charge in [0.05, 0.1) is 0 Å². The van der Waals surface area contributed by atoms with Gasteiger partial charge in [0.15, 0.2) is 5.13 Å². The highest BCUT2D eigenvalue weighted by atomic mass is 32.1. The summed E-state index contributed by atoms with van der Waals surface area (Å²) in [5.74, 6) is 0.182. The first-order valence-electron chi connectivity index (χ1n) is 7.51. The van der Waals surface area contributed by atoms with Gasteiger partial charge in [-0.05, 0) is 26.4 Å². The van der Waals surface area contributed by atoms with Crippen molar-refractivity contribution in [3.63, 3.8) is 0 Å². The Bertz CT molecular complexity index is 449. The number of nitrogens with two attached hydrogens (primary N) is 1. The summed E-state index contributed by atoms with van der Waals surface area (Å²) < 4.78 is 0. The highest BCUT2D eigenvalue weighted by molar-refractivity contribution is 7.18. The van der Waals surface area contributed by atoms with E-state index < -0.39 is 0 Å². The molecule has 0 saturated heterocycles. The molecule has 3 N–H and O–H groups in total. The number of carbonyl (C=O) groups is 1. The predicted molar refractivity (Wildman–Crippen MR) is 90.2 cm³/mol. The molecule has 0 spiro atoms. The lowest BCUT2D eigenvalue weighted by molar-refractivity contribution is 0.0953. The lowest BCUT2D eigenvalue weighted by Crippen LogP contribution is -2.35. The van der Waals surface area contributed by atoms with Gasteiger partial charge in [-0.3, -0.25) is 4.79 Å². The number of hydrogen-bond donors (Lipinski definition) is 2. The van der Waals surface area contributed by atoms with Crippen LogP contribution in [0.5, 0.6) is 0 Å². The molecule has 6 nitrogen and oxygen atoms in total. The smallest absolute Gasteiger partial charge is 0.265 e. The van der Waals surface area contributed by atoms with E-state index in [4.69, 9.17) is 5.73 Å². The number of nitrogens with one attached hydrogen (secondary N) is 1. The van der Waals surface area contributed by atoms with E-state index in [0.29, 0.717) is 17.2 Å². The summed E-state index contributed by atoms with van der Waals surface area (Å²) in [4.78, 5) is 21.2. The van der Waals surface area contributed by atoms with Gasteiger partial charge < -0.3 is 20.9 Å². The minimum Gasteiger partial charge on any atom is -0.382 e. The first-order valence-corrected chi connectivity index (χ1v) is 8.33. The Hall–Kier alpha value is -1.34. The van der Waals surface area contributed by atoms with Crippen molar-refractivity contribution in [3.05, 3.63) is 4.88 Å². The maximum Gasteiger partial charge on any atom is 0.265 e. The van der Waals surface area contributed by atoms with Crippen LogP contribution in [0, 0.1) is 0 Å². The van der Waals surface area contributed by atoms with Gasteiger partial charge in [-0.15, -0.1) is 0 Å². The molecule has 0 unspecified atom stereocenters. The van der Waals surface area contributed by atoms with Crippen LogP contribution >= 0.6 is 11.3 Å². The number of nitrogen functional groups attached to an aromatic ring is 1. The summed E-state index contributed by atoms with van der Waals surface area (Å²) in [6.45, 7) is 10.7. The molecule has 0 aliphatic heterocycles. The Morgan fingerprint density at radius 1 is 1.29 bits per heavy atom. The van der Waals surface area contributed by atoms with E-state index in [1.54, 1.807) is 0 Å². The van der Waals surface area contributed by atoms with Gasteiger partial charge in [0, 0.05) is 26.7 Å². The summed E-state index contributed by atoms with van der Waals surface area (Å²) in [7, 11) is 1.93. The fourth-order valence-electron chi connectivity index (χ4n) is 1.93. The maximum atomic E-state index is 12.2. The van der Waals surface area contributed by atoms with Crippen LogP contribution in [0.2, 0.25) is 0 Å². The molecule has 0 aromatic carbocycles. The lowest BCUT2D eigenvalue weighted by Gasteiger charge is -2.19. The second kappa shape index (κ2) is 8.84. The van der Waals surface area contributed by atoms with Gasteiger partial charge in [-0.2, -0.15) is 0 Å². The number of aromatic nitrogens is 1. The third kappa shape index (κ3) is 5.17. The van der Waals surface area contributed by atoms with Gasteiger partial charge in [-0.1, -0.05) is 25.2 Å². The molecule has 0 aliphatic carbocycles. The van der Waals surface area contributed by atoms with Crippen molar-refractivity contribution in [1.29, 1.82) is 0 Å². The number of anilines is 2. The number of likely N-dealkylation sites (N-methyl/N-ethyl adjacent to an activating group) is 1. The van der Waals surface area contributed by atoms with Gasteiger partial charge in [0.1, 0.15) is 10.7 Å². The van der Waals surface area contributed by atoms with E-state index in [2.05, 4.69) is 29.0 Å². The van der Waals surface area contributed by atoms with Crippen LogP contribution in [-0.2, 0) is 0 Å². The first-order chi connectivity index (χ1) is 10.0. The van der Waals surface area contributed by atoms with Crippen molar-refractivity contribution in [2.75, 3.05) is 50.4 Å². The molecule has 0 radical (unpaired) electrons. The zero-order chi connectivity index (χ0) is 15.8. The van der Waals surface area contributed by atoms with E-state index in [1.165, 1.54) is 11.3 Å². The largest absolute Gasteiger partial charge is 0.382 e. The molecule has 21 heavy (non-hydrogen) atoms. The second-order valence-electron chi connectivity index (χ2n) is 4.92. The number of nitrogens with zero attached hydrogens (tertiary/aromatic N) is 3. The zero-order valence-corrected chi connectivity index (χ0v) is 14.3. The predicted octanol–water partition coefficient (Wildman–Crippen LogP) is 1.64. The van der Waals surface area contributed by atoms with Crippen LogP contribution in [0.4, 0.5) is 10.9 Å². The van der Waals surface area contributed by atoms with E-state index in [-0.39, 0.29) is 5.91 Å². The zero-order valence-electron chi connectivity index (χ0n) is 13.5.